The smallest absolute Gasteiger partial charge is 0.266 e. The molecule has 3 aromatic carbocycles. The van der Waals surface area contributed by atoms with Crippen LogP contribution in [-0.2, 0) is 24.8 Å². The molecular weight excluding hydrogens is 674 g/mol. The van der Waals surface area contributed by atoms with E-state index in [1.54, 1.807) is 46.7 Å². The van der Waals surface area contributed by atoms with Crippen molar-refractivity contribution in [2.45, 2.75) is 37.8 Å². The van der Waals surface area contributed by atoms with Crippen molar-refractivity contribution in [1.82, 2.24) is 29.1 Å². The molecule has 1 aliphatic carbocycles. The number of nitrogens with two attached hydrogens (primary N) is 1. The Kier molecular flexibility index (Phi) is 9.99. The van der Waals surface area contributed by atoms with Gasteiger partial charge in [0.25, 0.3) is 5.56 Å². The van der Waals surface area contributed by atoms with Crippen molar-refractivity contribution in [3.05, 3.63) is 105 Å². The largest absolute Gasteiger partial charge is 0.497 e. The Morgan fingerprint density at radius 1 is 1.12 bits per heavy atom. The molecule has 0 amide bonds. The number of aryl methyl sites for hydroxylation is 1. The van der Waals surface area contributed by atoms with Gasteiger partial charge in [0.05, 0.1) is 57.9 Å². The van der Waals surface area contributed by atoms with Crippen LogP contribution in [0.2, 0.25) is 5.02 Å². The van der Waals surface area contributed by atoms with E-state index in [2.05, 4.69) is 14.9 Å². The number of rotatable bonds is 10. The number of halogens is 3. The van der Waals surface area contributed by atoms with Crippen molar-refractivity contribution < 1.29 is 18.3 Å². The number of carbonyl (C=O) groups is 1. The number of benzene rings is 3. The summed E-state index contributed by atoms with van der Waals surface area (Å²) in [6.45, 7) is 0.382. The first-order valence-corrected chi connectivity index (χ1v) is 16.9. The maximum absolute atomic E-state index is 14.0. The fourth-order valence-electron chi connectivity index (χ4n) is 5.72. The minimum absolute atomic E-state index is 0.0258. The van der Waals surface area contributed by atoms with Gasteiger partial charge in [0.1, 0.15) is 29.5 Å². The number of nitrogens with zero attached hydrogens (tertiary/aromatic N) is 6. The van der Waals surface area contributed by atoms with Crippen molar-refractivity contribution in [3.8, 4) is 11.4 Å². The van der Waals surface area contributed by atoms with Gasteiger partial charge >= 0.3 is 0 Å². The molecule has 6 aromatic rings. The molecular formula is C34H33ClF2N8O3S. The zero-order valence-electron chi connectivity index (χ0n) is 26.9. The molecule has 1 aliphatic rings. The average Bonchev–Trinajstić information content (AvgIpc) is 3.72. The summed E-state index contributed by atoms with van der Waals surface area (Å²) in [7, 11) is 3.26. The lowest BCUT2D eigenvalue weighted by molar-refractivity contribution is -0.108. The van der Waals surface area contributed by atoms with E-state index in [4.69, 9.17) is 27.1 Å². The fourth-order valence-corrected chi connectivity index (χ4v) is 6.30. The van der Waals surface area contributed by atoms with Crippen molar-refractivity contribution in [2.24, 2.45) is 12.8 Å². The first-order valence-electron chi connectivity index (χ1n) is 15.3. The molecule has 1 fully saturated rings. The van der Waals surface area contributed by atoms with Crippen LogP contribution >= 0.6 is 23.5 Å². The van der Waals surface area contributed by atoms with Crippen LogP contribution in [0.1, 0.15) is 41.9 Å². The van der Waals surface area contributed by atoms with Gasteiger partial charge in [0.15, 0.2) is 5.82 Å². The second-order valence-corrected chi connectivity index (χ2v) is 12.6. The summed E-state index contributed by atoms with van der Waals surface area (Å²) < 4.78 is 41.0. The van der Waals surface area contributed by atoms with Crippen molar-refractivity contribution in [3.63, 3.8) is 0 Å². The summed E-state index contributed by atoms with van der Waals surface area (Å²) in [6, 6.07) is 12.6. The first kappa shape index (κ1) is 34.1. The topological polar surface area (TPSA) is 135 Å². The fraction of sp³-hybridized carbons (Fsp3) is 0.265. The molecule has 15 heteroatoms. The second kappa shape index (κ2) is 14.4. The van der Waals surface area contributed by atoms with E-state index >= 15 is 0 Å². The third kappa shape index (κ3) is 7.16. The van der Waals surface area contributed by atoms with Crippen LogP contribution in [0.4, 0.5) is 14.6 Å². The molecule has 0 radical (unpaired) electrons. The number of hydrogen-bond donors (Lipinski definition) is 2. The lowest BCUT2D eigenvalue weighted by Crippen LogP contribution is -2.30. The number of nitrogens with one attached hydrogen (secondary N) is 1. The lowest BCUT2D eigenvalue weighted by Gasteiger charge is -2.20. The Morgan fingerprint density at radius 3 is 2.55 bits per heavy atom. The summed E-state index contributed by atoms with van der Waals surface area (Å²) in [4.78, 5) is 28.9. The molecule has 0 saturated heterocycles. The minimum Gasteiger partial charge on any atom is -0.497 e. The number of carbonyl (C=O) groups excluding carboxylic acids is 1. The Labute approximate surface area is 289 Å². The van der Waals surface area contributed by atoms with E-state index in [0.29, 0.717) is 62.1 Å². The highest BCUT2D eigenvalue weighted by atomic mass is 35.5. The van der Waals surface area contributed by atoms with Gasteiger partial charge in [-0.05, 0) is 67.3 Å². The number of ether oxygens (including phenoxy) is 1. The van der Waals surface area contributed by atoms with Crippen LogP contribution in [0.15, 0.2) is 65.6 Å². The normalized spacial score (nSPS) is 13.3. The number of methoxy groups -OCH3 is 1. The predicted octanol–water partition coefficient (Wildman–Crippen LogP) is 6.10. The van der Waals surface area contributed by atoms with E-state index in [9.17, 15) is 18.4 Å². The summed E-state index contributed by atoms with van der Waals surface area (Å²) in [5, 5.41) is 10.2. The average molecular weight is 707 g/mol. The monoisotopic (exact) mass is 706 g/mol. The van der Waals surface area contributed by atoms with Crippen molar-refractivity contribution >= 4 is 57.5 Å². The molecule has 3 aromatic heterocycles. The minimum atomic E-state index is -0.901. The van der Waals surface area contributed by atoms with Crippen LogP contribution in [0.3, 0.4) is 0 Å². The Balaban J connectivity index is 0.000000319. The van der Waals surface area contributed by atoms with Crippen molar-refractivity contribution in [2.75, 3.05) is 18.1 Å². The molecule has 7 rings (SSSR count). The van der Waals surface area contributed by atoms with Gasteiger partial charge < -0.3 is 20.0 Å². The van der Waals surface area contributed by atoms with Gasteiger partial charge in [-0.1, -0.05) is 23.5 Å². The highest BCUT2D eigenvalue weighted by molar-refractivity contribution is 7.99. The SMILES string of the molecule is COc1ccc2c(=O)n(-c3ccc(Cl)c4c(NSC)nn(C)c34)c(C(N)Cc3cc(F)cc(F)c3)nc2c1.O=CCn1ccc(C2CC2)n1. The van der Waals surface area contributed by atoms with Crippen molar-refractivity contribution in [1.29, 1.82) is 0 Å². The number of aromatic nitrogens is 6. The molecule has 0 aliphatic heterocycles. The number of hydrogen-bond acceptors (Lipinski definition) is 9. The maximum atomic E-state index is 14.0. The summed E-state index contributed by atoms with van der Waals surface area (Å²) in [5.74, 6) is 0.497. The third-order valence-corrected chi connectivity index (χ3v) is 8.80. The molecule has 11 nitrogen and oxygen atoms in total. The van der Waals surface area contributed by atoms with Crippen LogP contribution in [0.25, 0.3) is 27.5 Å². The Hall–Kier alpha value is -4.79. The molecule has 3 N–H and O–H groups in total. The molecule has 254 valence electrons. The van der Waals surface area contributed by atoms with Gasteiger partial charge in [-0.3, -0.25) is 18.7 Å². The van der Waals surface area contributed by atoms with Gasteiger partial charge in [-0.25, -0.2) is 13.8 Å². The van der Waals surface area contributed by atoms with E-state index in [1.807, 2.05) is 18.5 Å². The van der Waals surface area contributed by atoms with Gasteiger partial charge in [0.2, 0.25) is 0 Å². The molecule has 1 unspecified atom stereocenters. The quantitative estimate of drug-likeness (QED) is 0.128. The van der Waals surface area contributed by atoms with Crippen LogP contribution < -0.4 is 20.8 Å². The standard InChI is InChI=1S/C26H23ClF2N6O2S.C8H10N2O/c1-34-23-21(7-6-18(27)22(23)24(32-34)33-38-3)35-25(19(30)10-13-8-14(28)11-15(29)9-13)31-20-12-16(37-2)4-5-17(20)26(35)36;11-6-5-10-4-3-8(9-10)7-1-2-7/h4-9,11-12,19H,10,30H2,1-3H3,(H,32,33);3-4,6-7H,1-2,5H2. The van der Waals surface area contributed by atoms with E-state index in [0.717, 1.165) is 18.0 Å². The van der Waals surface area contributed by atoms with E-state index in [-0.39, 0.29) is 17.8 Å². The molecule has 1 saturated carbocycles. The van der Waals surface area contributed by atoms with Gasteiger partial charge in [-0.2, -0.15) is 10.2 Å². The van der Waals surface area contributed by atoms with E-state index < -0.39 is 17.7 Å². The highest BCUT2D eigenvalue weighted by Gasteiger charge is 2.26. The Morgan fingerprint density at radius 2 is 1.88 bits per heavy atom. The molecule has 0 bridgehead atoms. The van der Waals surface area contributed by atoms with Crippen LogP contribution in [-0.4, -0.2) is 48.8 Å². The van der Waals surface area contributed by atoms with Crippen LogP contribution in [0, 0.1) is 11.6 Å². The number of anilines is 1. The number of fused-ring (bicyclic) bond motifs is 2. The van der Waals surface area contributed by atoms with Gasteiger partial charge in [0, 0.05) is 37.6 Å². The molecule has 49 heavy (non-hydrogen) atoms. The van der Waals surface area contributed by atoms with E-state index in [1.165, 1.54) is 48.6 Å². The predicted molar refractivity (Wildman–Crippen MR) is 188 cm³/mol. The zero-order valence-corrected chi connectivity index (χ0v) is 28.4. The second-order valence-electron chi connectivity index (χ2n) is 11.6. The molecule has 1 atom stereocenters. The summed E-state index contributed by atoms with van der Waals surface area (Å²) in [6.07, 6.45) is 7.14. The summed E-state index contributed by atoms with van der Waals surface area (Å²) in [5.41, 5.74) is 9.11. The summed E-state index contributed by atoms with van der Waals surface area (Å²) >= 11 is 7.92. The lowest BCUT2D eigenvalue weighted by atomic mass is 10.0. The third-order valence-electron chi connectivity index (χ3n) is 8.09. The first-order chi connectivity index (χ1) is 23.6. The van der Waals surface area contributed by atoms with Crippen LogP contribution in [0.5, 0.6) is 5.75 Å². The molecule has 0 spiro atoms. The van der Waals surface area contributed by atoms with Gasteiger partial charge in [-0.15, -0.1) is 0 Å². The Bertz CT molecular complexity index is 2210. The number of aldehydes is 1. The molecule has 3 heterocycles. The highest BCUT2D eigenvalue weighted by Crippen LogP contribution is 2.39. The maximum Gasteiger partial charge on any atom is 0.266 e. The zero-order chi connectivity index (χ0) is 34.8.